The number of nitrogens with zero attached hydrogens (tertiary/aromatic N) is 1. The Balaban J connectivity index is 1.53. The second kappa shape index (κ2) is 7.39. The van der Waals surface area contributed by atoms with Crippen molar-refractivity contribution < 1.29 is 14.7 Å². The van der Waals surface area contributed by atoms with Crippen molar-refractivity contribution in [2.45, 2.75) is 31.4 Å². The molecular weight excluding hydrogens is 399 g/mol. The molecule has 28 heavy (non-hydrogen) atoms. The first-order chi connectivity index (χ1) is 13.3. The summed E-state index contributed by atoms with van der Waals surface area (Å²) in [6, 6.07) is 9.66. The van der Waals surface area contributed by atoms with Crippen molar-refractivity contribution in [2.75, 3.05) is 12.4 Å². The summed E-state index contributed by atoms with van der Waals surface area (Å²) in [7, 11) is 1.66. The molecule has 0 unspecified atom stereocenters. The highest BCUT2D eigenvalue weighted by molar-refractivity contribution is 6.35. The van der Waals surface area contributed by atoms with Gasteiger partial charge in [0.1, 0.15) is 0 Å². The zero-order chi connectivity index (χ0) is 20.0. The standard InChI is InChI=1S/C21H20Cl2N2O3/c1-25(19-16-8-13(22)9-17(23)15(16)10-18(19)26)21(28)12-4-6-14(7-5-12)24-20(27)11-2-3-11/h4-9,11,18-19,26H,2-3,10H2,1H3,(H,24,27)/t18-,19-/m1/s1. The van der Waals surface area contributed by atoms with Crippen LogP contribution in [0.2, 0.25) is 10.0 Å². The van der Waals surface area contributed by atoms with Crippen LogP contribution in [-0.2, 0) is 11.2 Å². The van der Waals surface area contributed by atoms with Crippen molar-refractivity contribution in [3.8, 4) is 0 Å². The number of likely N-dealkylation sites (N-methyl/N-ethyl adjacent to an activating group) is 1. The van der Waals surface area contributed by atoms with Crippen LogP contribution in [0.25, 0.3) is 0 Å². The molecule has 0 aromatic heterocycles. The topological polar surface area (TPSA) is 69.6 Å². The van der Waals surface area contributed by atoms with Gasteiger partial charge in [-0.1, -0.05) is 23.2 Å². The molecule has 0 spiro atoms. The Kier molecular flexibility index (Phi) is 5.08. The van der Waals surface area contributed by atoms with E-state index in [2.05, 4.69) is 5.32 Å². The van der Waals surface area contributed by atoms with E-state index in [0.717, 1.165) is 24.0 Å². The van der Waals surface area contributed by atoms with Crippen molar-refractivity contribution >= 4 is 40.7 Å². The van der Waals surface area contributed by atoms with Gasteiger partial charge in [-0.05, 0) is 60.4 Å². The molecule has 2 aromatic carbocycles. The van der Waals surface area contributed by atoms with E-state index in [9.17, 15) is 14.7 Å². The lowest BCUT2D eigenvalue weighted by molar-refractivity contribution is -0.117. The molecule has 4 rings (SSSR count). The Labute approximate surface area is 173 Å². The highest BCUT2D eigenvalue weighted by Gasteiger charge is 2.38. The van der Waals surface area contributed by atoms with E-state index < -0.39 is 12.1 Å². The molecule has 2 aliphatic rings. The lowest BCUT2D eigenvalue weighted by Crippen LogP contribution is -2.36. The van der Waals surface area contributed by atoms with Crippen LogP contribution in [0.3, 0.4) is 0 Å². The molecule has 5 nitrogen and oxygen atoms in total. The number of benzene rings is 2. The second-order valence-electron chi connectivity index (χ2n) is 7.43. The van der Waals surface area contributed by atoms with Gasteiger partial charge in [-0.15, -0.1) is 0 Å². The number of amides is 2. The maximum Gasteiger partial charge on any atom is 0.254 e. The molecule has 2 atom stereocenters. The largest absolute Gasteiger partial charge is 0.390 e. The summed E-state index contributed by atoms with van der Waals surface area (Å²) in [4.78, 5) is 26.3. The fourth-order valence-electron chi connectivity index (χ4n) is 3.71. The van der Waals surface area contributed by atoms with E-state index in [1.165, 1.54) is 4.90 Å². The van der Waals surface area contributed by atoms with Crippen LogP contribution in [0.5, 0.6) is 0 Å². The summed E-state index contributed by atoms with van der Waals surface area (Å²) in [6.45, 7) is 0. The summed E-state index contributed by atoms with van der Waals surface area (Å²) in [5.74, 6) is -0.0845. The minimum absolute atomic E-state index is 0.0237. The fourth-order valence-corrected chi connectivity index (χ4v) is 4.30. The van der Waals surface area contributed by atoms with Gasteiger partial charge < -0.3 is 15.3 Å². The van der Waals surface area contributed by atoms with Crippen LogP contribution in [0.1, 0.15) is 40.4 Å². The predicted octanol–water partition coefficient (Wildman–Crippen LogP) is 4.07. The normalized spacial score (nSPS) is 20.6. The minimum atomic E-state index is -0.753. The third-order valence-corrected chi connectivity index (χ3v) is 5.93. The van der Waals surface area contributed by atoms with Crippen LogP contribution in [-0.4, -0.2) is 35.0 Å². The van der Waals surface area contributed by atoms with Gasteiger partial charge in [0.15, 0.2) is 0 Å². The summed E-state index contributed by atoms with van der Waals surface area (Å²) in [5, 5.41) is 14.4. The SMILES string of the molecule is CN(C(=O)c1ccc(NC(=O)C2CC2)cc1)[C@@H]1c2cc(Cl)cc(Cl)c2C[C@H]1O. The summed E-state index contributed by atoms with van der Waals surface area (Å²) in [6.07, 6.45) is 1.50. The zero-order valence-corrected chi connectivity index (χ0v) is 16.8. The van der Waals surface area contributed by atoms with Crippen molar-refractivity contribution in [3.63, 3.8) is 0 Å². The molecule has 0 aliphatic heterocycles. The molecule has 0 bridgehead atoms. The summed E-state index contributed by atoms with van der Waals surface area (Å²) < 4.78 is 0. The van der Waals surface area contributed by atoms with Gasteiger partial charge in [0.25, 0.3) is 5.91 Å². The number of carbonyl (C=O) groups is 2. The molecule has 1 fully saturated rings. The minimum Gasteiger partial charge on any atom is -0.390 e. The van der Waals surface area contributed by atoms with Crippen LogP contribution < -0.4 is 5.32 Å². The van der Waals surface area contributed by atoms with E-state index >= 15 is 0 Å². The van der Waals surface area contributed by atoms with E-state index in [0.29, 0.717) is 27.7 Å². The average molecular weight is 419 g/mol. The number of carbonyl (C=O) groups excluding carboxylic acids is 2. The van der Waals surface area contributed by atoms with Crippen molar-refractivity contribution in [1.29, 1.82) is 0 Å². The first kappa shape index (κ1) is 19.2. The third kappa shape index (κ3) is 3.62. The molecule has 146 valence electrons. The number of aliphatic hydroxyl groups excluding tert-OH is 1. The predicted molar refractivity (Wildman–Crippen MR) is 109 cm³/mol. The quantitative estimate of drug-likeness (QED) is 0.785. The van der Waals surface area contributed by atoms with Crippen molar-refractivity contribution in [1.82, 2.24) is 4.90 Å². The highest BCUT2D eigenvalue weighted by atomic mass is 35.5. The van der Waals surface area contributed by atoms with Gasteiger partial charge in [0.05, 0.1) is 12.1 Å². The molecule has 0 saturated heterocycles. The molecule has 7 heteroatoms. The van der Waals surface area contributed by atoms with Gasteiger partial charge in [0.2, 0.25) is 5.91 Å². The van der Waals surface area contributed by atoms with E-state index in [4.69, 9.17) is 23.2 Å². The fraction of sp³-hybridized carbons (Fsp3) is 0.333. The van der Waals surface area contributed by atoms with E-state index in [-0.39, 0.29) is 17.7 Å². The van der Waals surface area contributed by atoms with Gasteiger partial charge in [-0.3, -0.25) is 9.59 Å². The smallest absolute Gasteiger partial charge is 0.254 e. The Hall–Kier alpha value is -2.08. The van der Waals surface area contributed by atoms with Crippen molar-refractivity contribution in [3.05, 3.63) is 63.1 Å². The van der Waals surface area contributed by atoms with Crippen molar-refractivity contribution in [2.24, 2.45) is 5.92 Å². The Morgan fingerprint density at radius 2 is 1.82 bits per heavy atom. The maximum atomic E-state index is 13.0. The molecular formula is C21H20Cl2N2O3. The Morgan fingerprint density at radius 1 is 1.14 bits per heavy atom. The first-order valence-corrected chi connectivity index (χ1v) is 9.94. The Bertz CT molecular complexity index is 941. The van der Waals surface area contributed by atoms with Crippen LogP contribution in [0, 0.1) is 5.92 Å². The number of anilines is 1. The summed E-state index contributed by atoms with van der Waals surface area (Å²) in [5.41, 5.74) is 2.73. The number of rotatable bonds is 4. The lowest BCUT2D eigenvalue weighted by Gasteiger charge is -2.28. The van der Waals surface area contributed by atoms with Gasteiger partial charge in [-0.2, -0.15) is 0 Å². The molecule has 2 amide bonds. The van der Waals surface area contributed by atoms with Gasteiger partial charge in [-0.25, -0.2) is 0 Å². The number of fused-ring (bicyclic) bond motifs is 1. The number of hydrogen-bond donors (Lipinski definition) is 2. The van der Waals surface area contributed by atoms with Gasteiger partial charge in [0, 0.05) is 40.7 Å². The number of nitrogens with one attached hydrogen (secondary N) is 1. The molecule has 2 aromatic rings. The first-order valence-electron chi connectivity index (χ1n) is 9.19. The second-order valence-corrected chi connectivity index (χ2v) is 8.27. The van der Waals surface area contributed by atoms with E-state index in [1.54, 1.807) is 43.4 Å². The number of aliphatic hydroxyl groups is 1. The zero-order valence-electron chi connectivity index (χ0n) is 15.3. The highest BCUT2D eigenvalue weighted by Crippen LogP contribution is 2.41. The number of halogens is 2. The molecule has 1 saturated carbocycles. The van der Waals surface area contributed by atoms with Crippen LogP contribution in [0.15, 0.2) is 36.4 Å². The molecule has 2 aliphatic carbocycles. The van der Waals surface area contributed by atoms with E-state index in [1.807, 2.05) is 0 Å². The maximum absolute atomic E-state index is 13.0. The molecule has 0 radical (unpaired) electrons. The third-order valence-electron chi connectivity index (χ3n) is 5.38. The lowest BCUT2D eigenvalue weighted by atomic mass is 10.0. The summed E-state index contributed by atoms with van der Waals surface area (Å²) >= 11 is 12.4. The Morgan fingerprint density at radius 3 is 2.46 bits per heavy atom. The van der Waals surface area contributed by atoms with Gasteiger partial charge >= 0.3 is 0 Å². The molecule has 2 N–H and O–H groups in total. The number of hydrogen-bond acceptors (Lipinski definition) is 3. The van der Waals surface area contributed by atoms with Crippen LogP contribution in [0.4, 0.5) is 5.69 Å². The average Bonchev–Trinajstić information content (AvgIpc) is 3.45. The monoisotopic (exact) mass is 418 g/mol. The molecule has 0 heterocycles. The van der Waals surface area contributed by atoms with Crippen LogP contribution >= 0.6 is 23.2 Å².